The molecular formula is C10H21N3O2S. The fraction of sp³-hybridized carbons (Fsp3) is 0.800. The monoisotopic (exact) mass is 247 g/mol. The Balaban J connectivity index is 3.77. The summed E-state index contributed by atoms with van der Waals surface area (Å²) in [5, 5.41) is 11.8. The summed E-state index contributed by atoms with van der Waals surface area (Å²) in [6.45, 7) is 1.29. The summed E-state index contributed by atoms with van der Waals surface area (Å²) in [4.78, 5) is 13.0. The van der Waals surface area contributed by atoms with Gasteiger partial charge in [0.15, 0.2) is 5.11 Å². The zero-order chi connectivity index (χ0) is 12.6. The second kappa shape index (κ2) is 8.29. The van der Waals surface area contributed by atoms with E-state index in [1.807, 2.05) is 14.1 Å². The Bertz CT molecular complexity index is 234. The Morgan fingerprint density at radius 1 is 1.50 bits per heavy atom. The first-order chi connectivity index (χ1) is 7.43. The molecule has 0 aromatic rings. The van der Waals surface area contributed by atoms with E-state index in [1.165, 1.54) is 0 Å². The molecule has 0 fully saturated rings. The molecule has 0 rings (SSSR count). The summed E-state index contributed by atoms with van der Waals surface area (Å²) in [5.74, 6) is -1.21. The molecule has 94 valence electrons. The van der Waals surface area contributed by atoms with Gasteiger partial charge in [0, 0.05) is 6.54 Å². The van der Waals surface area contributed by atoms with Gasteiger partial charge in [-0.05, 0) is 45.7 Å². The van der Waals surface area contributed by atoms with Crippen LogP contribution in [-0.2, 0) is 4.79 Å². The van der Waals surface area contributed by atoms with Crippen molar-refractivity contribution < 1.29 is 9.90 Å². The molecule has 6 heteroatoms. The number of nitrogens with zero attached hydrogens (tertiary/aromatic N) is 1. The molecular weight excluding hydrogens is 226 g/mol. The van der Waals surface area contributed by atoms with Crippen LogP contribution in [0.5, 0.6) is 0 Å². The molecule has 5 nitrogen and oxygen atoms in total. The molecule has 0 heterocycles. The standard InChI is InChI=1S/C10H21N3O2S/c1-13(2)6-4-3-5-8(9(14)15)7-12-10(11)16/h8H,3-7H2,1-2H3,(H,14,15)(H3,11,12,16). The zero-order valence-corrected chi connectivity index (χ0v) is 10.7. The van der Waals surface area contributed by atoms with Crippen molar-refractivity contribution in [1.29, 1.82) is 0 Å². The van der Waals surface area contributed by atoms with Crippen LogP contribution in [-0.4, -0.2) is 48.3 Å². The molecule has 0 aliphatic carbocycles. The third-order valence-electron chi connectivity index (χ3n) is 2.28. The van der Waals surface area contributed by atoms with Crippen LogP contribution in [0.25, 0.3) is 0 Å². The highest BCUT2D eigenvalue weighted by molar-refractivity contribution is 7.80. The quantitative estimate of drug-likeness (QED) is 0.421. The minimum Gasteiger partial charge on any atom is -0.481 e. The van der Waals surface area contributed by atoms with Crippen LogP contribution in [0.2, 0.25) is 0 Å². The van der Waals surface area contributed by atoms with Crippen LogP contribution >= 0.6 is 12.2 Å². The number of hydrogen-bond donors (Lipinski definition) is 3. The number of carboxylic acids is 1. The van der Waals surface area contributed by atoms with Gasteiger partial charge in [-0.25, -0.2) is 0 Å². The molecule has 0 aliphatic rings. The van der Waals surface area contributed by atoms with Gasteiger partial charge in [0.2, 0.25) is 0 Å². The molecule has 1 unspecified atom stereocenters. The summed E-state index contributed by atoms with van der Waals surface area (Å²) in [5.41, 5.74) is 5.26. The van der Waals surface area contributed by atoms with E-state index in [4.69, 9.17) is 10.8 Å². The third kappa shape index (κ3) is 8.43. The van der Waals surface area contributed by atoms with Crippen LogP contribution in [0, 0.1) is 5.92 Å². The second-order valence-electron chi connectivity index (χ2n) is 4.08. The lowest BCUT2D eigenvalue weighted by molar-refractivity contribution is -0.141. The normalized spacial score (nSPS) is 12.4. The molecule has 4 N–H and O–H groups in total. The lowest BCUT2D eigenvalue weighted by atomic mass is 10.0. The lowest BCUT2D eigenvalue weighted by Gasteiger charge is -2.14. The van der Waals surface area contributed by atoms with Crippen molar-refractivity contribution in [2.75, 3.05) is 27.2 Å². The molecule has 16 heavy (non-hydrogen) atoms. The smallest absolute Gasteiger partial charge is 0.308 e. The van der Waals surface area contributed by atoms with Crippen LogP contribution in [0.3, 0.4) is 0 Å². The van der Waals surface area contributed by atoms with Crippen LogP contribution in [0.1, 0.15) is 19.3 Å². The lowest BCUT2D eigenvalue weighted by Crippen LogP contribution is -2.36. The summed E-state index contributed by atoms with van der Waals surface area (Å²) in [6, 6.07) is 0. The number of nitrogens with one attached hydrogen (secondary N) is 1. The molecule has 0 spiro atoms. The molecule has 0 aromatic heterocycles. The molecule has 0 saturated carbocycles. The Morgan fingerprint density at radius 2 is 2.12 bits per heavy atom. The van der Waals surface area contributed by atoms with Gasteiger partial charge in [0.05, 0.1) is 5.92 Å². The van der Waals surface area contributed by atoms with Crippen molar-refractivity contribution in [2.45, 2.75) is 19.3 Å². The first-order valence-electron chi connectivity index (χ1n) is 5.34. The average Bonchev–Trinajstić information content (AvgIpc) is 2.15. The van der Waals surface area contributed by atoms with Crippen LogP contribution in [0.4, 0.5) is 0 Å². The molecule has 1 atom stereocenters. The number of carboxylic acid groups (broad SMARTS) is 1. The summed E-state index contributed by atoms with van der Waals surface area (Å²) >= 11 is 4.64. The average molecular weight is 247 g/mol. The molecule has 0 radical (unpaired) electrons. The number of aliphatic carboxylic acids is 1. The highest BCUT2D eigenvalue weighted by atomic mass is 32.1. The molecule has 0 saturated heterocycles. The molecule has 0 amide bonds. The van der Waals surface area contributed by atoms with E-state index in [1.54, 1.807) is 0 Å². The SMILES string of the molecule is CN(C)CCCCC(CNC(N)=S)C(=O)O. The van der Waals surface area contributed by atoms with Gasteiger partial charge in [0.25, 0.3) is 0 Å². The van der Waals surface area contributed by atoms with Gasteiger partial charge in [-0.1, -0.05) is 6.42 Å². The van der Waals surface area contributed by atoms with Gasteiger partial charge in [-0.3, -0.25) is 4.79 Å². The van der Waals surface area contributed by atoms with Crippen molar-refractivity contribution in [3.05, 3.63) is 0 Å². The van der Waals surface area contributed by atoms with Gasteiger partial charge < -0.3 is 21.1 Å². The summed E-state index contributed by atoms with van der Waals surface area (Å²) in [7, 11) is 4.01. The number of thiocarbonyl (C=S) groups is 1. The van der Waals surface area contributed by atoms with E-state index in [0.717, 1.165) is 19.4 Å². The van der Waals surface area contributed by atoms with Crippen molar-refractivity contribution in [3.63, 3.8) is 0 Å². The van der Waals surface area contributed by atoms with E-state index in [-0.39, 0.29) is 5.11 Å². The molecule has 0 bridgehead atoms. The van der Waals surface area contributed by atoms with Crippen molar-refractivity contribution >= 4 is 23.3 Å². The maximum absolute atomic E-state index is 10.9. The maximum Gasteiger partial charge on any atom is 0.308 e. The van der Waals surface area contributed by atoms with Gasteiger partial charge >= 0.3 is 5.97 Å². The fourth-order valence-corrected chi connectivity index (χ4v) is 1.44. The number of rotatable bonds is 8. The van der Waals surface area contributed by atoms with Crippen molar-refractivity contribution in [2.24, 2.45) is 11.7 Å². The van der Waals surface area contributed by atoms with E-state index in [9.17, 15) is 4.79 Å². The first kappa shape index (κ1) is 15.1. The summed E-state index contributed by atoms with van der Waals surface area (Å²) in [6.07, 6.45) is 2.55. The summed E-state index contributed by atoms with van der Waals surface area (Å²) < 4.78 is 0. The Morgan fingerprint density at radius 3 is 2.56 bits per heavy atom. The molecule has 0 aromatic carbocycles. The zero-order valence-electron chi connectivity index (χ0n) is 9.90. The van der Waals surface area contributed by atoms with Crippen molar-refractivity contribution in [3.8, 4) is 0 Å². The van der Waals surface area contributed by atoms with E-state index in [0.29, 0.717) is 13.0 Å². The highest BCUT2D eigenvalue weighted by Gasteiger charge is 2.16. The predicted molar refractivity (Wildman–Crippen MR) is 68.3 cm³/mol. The Labute approximate surface area is 102 Å². The van der Waals surface area contributed by atoms with E-state index >= 15 is 0 Å². The Hall–Kier alpha value is -0.880. The van der Waals surface area contributed by atoms with Gasteiger partial charge in [0.1, 0.15) is 0 Å². The maximum atomic E-state index is 10.9. The number of hydrogen-bond acceptors (Lipinski definition) is 3. The molecule has 0 aliphatic heterocycles. The number of unbranched alkanes of at least 4 members (excludes halogenated alkanes) is 1. The third-order valence-corrected chi connectivity index (χ3v) is 2.42. The van der Waals surface area contributed by atoms with Crippen LogP contribution in [0.15, 0.2) is 0 Å². The first-order valence-corrected chi connectivity index (χ1v) is 5.75. The topological polar surface area (TPSA) is 78.6 Å². The Kier molecular flexibility index (Phi) is 7.84. The largest absolute Gasteiger partial charge is 0.481 e. The van der Waals surface area contributed by atoms with Gasteiger partial charge in [-0.15, -0.1) is 0 Å². The predicted octanol–water partition coefficient (Wildman–Crippen LogP) is 0.252. The van der Waals surface area contributed by atoms with Crippen molar-refractivity contribution in [1.82, 2.24) is 10.2 Å². The fourth-order valence-electron chi connectivity index (χ4n) is 1.36. The van der Waals surface area contributed by atoms with E-state index < -0.39 is 11.9 Å². The minimum atomic E-state index is -0.798. The number of nitrogens with two attached hydrogens (primary N) is 1. The number of carbonyl (C=O) groups is 1. The van der Waals surface area contributed by atoms with Crippen LogP contribution < -0.4 is 11.1 Å². The highest BCUT2D eigenvalue weighted by Crippen LogP contribution is 2.08. The van der Waals surface area contributed by atoms with E-state index in [2.05, 4.69) is 22.4 Å². The van der Waals surface area contributed by atoms with Gasteiger partial charge in [-0.2, -0.15) is 0 Å². The minimum absolute atomic E-state index is 0.152. The second-order valence-corrected chi connectivity index (χ2v) is 4.52.